The van der Waals surface area contributed by atoms with Gasteiger partial charge in [0.2, 0.25) is 0 Å². The number of rotatable bonds is 10. The summed E-state index contributed by atoms with van der Waals surface area (Å²) >= 11 is 0. The molecule has 0 aliphatic heterocycles. The molecule has 2 heterocycles. The fraction of sp³-hybridized carbons (Fsp3) is 0.188. The highest BCUT2D eigenvalue weighted by atomic mass is 35.5. The van der Waals surface area contributed by atoms with E-state index in [1.807, 2.05) is 0 Å². The number of methoxy groups -OCH3 is 1. The van der Waals surface area contributed by atoms with Gasteiger partial charge in [-0.2, -0.15) is 0 Å². The molecular formula is C32H31ClFN5O6. The summed E-state index contributed by atoms with van der Waals surface area (Å²) in [4.78, 5) is 43.1. The number of hydrogen-bond donors (Lipinski definition) is 2. The molecule has 3 N–H and O–H groups in total. The van der Waals surface area contributed by atoms with E-state index in [0.29, 0.717) is 33.8 Å². The van der Waals surface area contributed by atoms with Crippen LogP contribution in [-0.2, 0) is 16.1 Å². The molecule has 5 rings (SSSR count). The number of carbonyl (C=O) groups is 2. The Hall–Kier alpha value is -5.20. The number of nitrogens with one attached hydrogen (secondary N) is 1. The highest BCUT2D eigenvalue weighted by Gasteiger charge is 2.25. The first-order valence-corrected chi connectivity index (χ1v) is 13.7. The summed E-state index contributed by atoms with van der Waals surface area (Å²) < 4.78 is 34.5. The van der Waals surface area contributed by atoms with E-state index in [1.54, 1.807) is 86.4 Å². The monoisotopic (exact) mass is 635 g/mol. The zero-order valence-electron chi connectivity index (χ0n) is 24.7. The van der Waals surface area contributed by atoms with E-state index in [1.165, 1.54) is 16.8 Å². The number of benzene rings is 3. The van der Waals surface area contributed by atoms with Crippen LogP contribution >= 0.6 is 12.4 Å². The molecule has 13 heteroatoms. The summed E-state index contributed by atoms with van der Waals surface area (Å²) in [6.45, 7) is 3.05. The average Bonchev–Trinajstić information content (AvgIpc) is 3.26. The van der Waals surface area contributed by atoms with Crippen molar-refractivity contribution in [2.45, 2.75) is 26.5 Å². The van der Waals surface area contributed by atoms with Crippen LogP contribution in [0.25, 0.3) is 16.6 Å². The highest BCUT2D eigenvalue weighted by molar-refractivity contribution is 6.05. The molecule has 234 valence electrons. The number of carbonyl (C=O) groups excluding carboxylic acids is 2. The zero-order valence-corrected chi connectivity index (χ0v) is 25.5. The van der Waals surface area contributed by atoms with E-state index in [-0.39, 0.29) is 42.5 Å². The van der Waals surface area contributed by atoms with Gasteiger partial charge in [-0.15, -0.1) is 12.4 Å². The molecule has 5 aromatic rings. The summed E-state index contributed by atoms with van der Waals surface area (Å²) in [5, 5.41) is 3.27. The van der Waals surface area contributed by atoms with Gasteiger partial charge in [-0.05, 0) is 56.3 Å². The van der Waals surface area contributed by atoms with E-state index in [9.17, 15) is 14.4 Å². The Morgan fingerprint density at radius 2 is 1.80 bits per heavy atom. The van der Waals surface area contributed by atoms with Crippen LogP contribution in [0, 0.1) is 12.7 Å². The van der Waals surface area contributed by atoms with Crippen LogP contribution in [0.1, 0.15) is 23.0 Å². The number of amides is 1. The number of nitrogens with zero attached hydrogens (tertiary/aromatic N) is 3. The summed E-state index contributed by atoms with van der Waals surface area (Å²) in [6.07, 6.45) is 0.895. The number of esters is 1. The SMILES string of the molecule is COc1ccc2c(Oc3ccc(NC(=O)c4c(C)n(C[C@@H](C)OC(=O)CN)n(-c5ccccc5)c4=O)cc3F)ccnc2c1.Cl. The van der Waals surface area contributed by atoms with E-state index < -0.39 is 29.4 Å². The van der Waals surface area contributed by atoms with Crippen molar-refractivity contribution in [2.24, 2.45) is 5.73 Å². The van der Waals surface area contributed by atoms with Gasteiger partial charge < -0.3 is 25.3 Å². The summed E-state index contributed by atoms with van der Waals surface area (Å²) in [6, 6.07) is 19.6. The van der Waals surface area contributed by atoms with Gasteiger partial charge in [0.05, 0.1) is 37.1 Å². The van der Waals surface area contributed by atoms with Crippen molar-refractivity contribution in [3.05, 3.63) is 106 Å². The van der Waals surface area contributed by atoms with Gasteiger partial charge in [0.1, 0.15) is 23.2 Å². The van der Waals surface area contributed by atoms with Crippen LogP contribution in [0.5, 0.6) is 17.2 Å². The van der Waals surface area contributed by atoms with E-state index in [4.69, 9.17) is 19.9 Å². The fourth-order valence-electron chi connectivity index (χ4n) is 4.80. The maximum Gasteiger partial charge on any atom is 0.320 e. The standard InChI is InChI=1S/C32H30FN5O6.ClH/c1-19(43-29(39)17-34)18-37-20(2)30(32(41)38(37)22-7-5-4-6-8-22)31(40)36-21-9-12-28(25(33)15-21)44-27-13-14-35-26-16-23(42-3)10-11-24(26)27;/h4-16,19H,17-18,34H2,1-3H3,(H,36,40);1H/t19-;/m1./s1. The number of pyridine rings is 1. The number of ether oxygens (including phenoxy) is 3. The van der Waals surface area contributed by atoms with Crippen LogP contribution in [0.4, 0.5) is 10.1 Å². The highest BCUT2D eigenvalue weighted by Crippen LogP contribution is 2.33. The van der Waals surface area contributed by atoms with Gasteiger partial charge in [0, 0.05) is 29.4 Å². The predicted molar refractivity (Wildman–Crippen MR) is 169 cm³/mol. The summed E-state index contributed by atoms with van der Waals surface area (Å²) in [7, 11) is 1.55. The van der Waals surface area contributed by atoms with Crippen LogP contribution in [0.3, 0.4) is 0 Å². The molecule has 0 spiro atoms. The second-order valence-electron chi connectivity index (χ2n) is 9.89. The number of halogens is 2. The topological polar surface area (TPSA) is 140 Å². The fourth-order valence-corrected chi connectivity index (χ4v) is 4.80. The van der Waals surface area contributed by atoms with Gasteiger partial charge >= 0.3 is 5.97 Å². The van der Waals surface area contributed by atoms with E-state index in [2.05, 4.69) is 10.3 Å². The second kappa shape index (κ2) is 14.1. The summed E-state index contributed by atoms with van der Waals surface area (Å²) in [5.74, 6) is -1.11. The van der Waals surface area contributed by atoms with E-state index >= 15 is 4.39 Å². The number of hydrogen-bond acceptors (Lipinski definition) is 8. The Morgan fingerprint density at radius 3 is 2.49 bits per heavy atom. The molecule has 0 unspecified atom stereocenters. The van der Waals surface area contributed by atoms with Crippen LogP contribution in [0.15, 0.2) is 83.8 Å². The molecule has 1 atom stereocenters. The number of anilines is 1. The lowest BCUT2D eigenvalue weighted by Gasteiger charge is -2.18. The quantitative estimate of drug-likeness (QED) is 0.204. The molecule has 2 aromatic heterocycles. The maximum absolute atomic E-state index is 15.2. The lowest BCUT2D eigenvalue weighted by atomic mass is 10.2. The van der Waals surface area contributed by atoms with Crippen molar-refractivity contribution in [3.63, 3.8) is 0 Å². The maximum atomic E-state index is 15.2. The van der Waals surface area contributed by atoms with Crippen molar-refractivity contribution in [1.82, 2.24) is 14.3 Å². The van der Waals surface area contributed by atoms with Gasteiger partial charge in [-0.25, -0.2) is 9.07 Å². The van der Waals surface area contributed by atoms with Gasteiger partial charge in [0.15, 0.2) is 11.6 Å². The molecule has 11 nitrogen and oxygen atoms in total. The lowest BCUT2D eigenvalue weighted by molar-refractivity contribution is -0.147. The number of nitrogens with two attached hydrogens (primary N) is 1. The Balaban J connectivity index is 0.00000461. The van der Waals surface area contributed by atoms with Crippen molar-refractivity contribution in [3.8, 4) is 22.9 Å². The molecule has 1 amide bonds. The largest absolute Gasteiger partial charge is 0.497 e. The molecular weight excluding hydrogens is 605 g/mol. The minimum absolute atomic E-state index is 0. The molecule has 0 aliphatic rings. The molecule has 3 aromatic carbocycles. The first kappa shape index (κ1) is 32.7. The Kier molecular flexibility index (Phi) is 10.2. The van der Waals surface area contributed by atoms with Crippen molar-refractivity contribution < 1.29 is 28.2 Å². The smallest absolute Gasteiger partial charge is 0.320 e. The van der Waals surface area contributed by atoms with E-state index in [0.717, 1.165) is 6.07 Å². The molecule has 0 saturated carbocycles. The molecule has 0 fully saturated rings. The third-order valence-electron chi connectivity index (χ3n) is 6.87. The lowest BCUT2D eigenvalue weighted by Crippen LogP contribution is -2.30. The predicted octanol–water partition coefficient (Wildman–Crippen LogP) is 5.00. The summed E-state index contributed by atoms with van der Waals surface area (Å²) in [5.41, 5.74) is 6.19. The molecule has 0 bridgehead atoms. The van der Waals surface area contributed by atoms with Crippen LogP contribution in [0.2, 0.25) is 0 Å². The normalized spacial score (nSPS) is 11.4. The third kappa shape index (κ3) is 6.97. The minimum atomic E-state index is -0.732. The van der Waals surface area contributed by atoms with Gasteiger partial charge in [-0.3, -0.25) is 24.0 Å². The average molecular weight is 636 g/mol. The van der Waals surface area contributed by atoms with Crippen molar-refractivity contribution in [2.75, 3.05) is 19.0 Å². The van der Waals surface area contributed by atoms with Crippen molar-refractivity contribution in [1.29, 1.82) is 0 Å². The minimum Gasteiger partial charge on any atom is -0.497 e. The number of para-hydroxylation sites is 1. The first-order valence-electron chi connectivity index (χ1n) is 13.7. The van der Waals surface area contributed by atoms with Crippen LogP contribution in [-0.4, -0.2) is 46.0 Å². The third-order valence-corrected chi connectivity index (χ3v) is 6.87. The van der Waals surface area contributed by atoms with Crippen LogP contribution < -0.4 is 26.1 Å². The molecule has 0 saturated heterocycles. The molecule has 0 radical (unpaired) electrons. The number of aromatic nitrogens is 3. The first-order chi connectivity index (χ1) is 21.2. The second-order valence-corrected chi connectivity index (χ2v) is 9.89. The number of fused-ring (bicyclic) bond motifs is 1. The zero-order chi connectivity index (χ0) is 31.4. The van der Waals surface area contributed by atoms with Crippen molar-refractivity contribution >= 4 is 40.9 Å². The van der Waals surface area contributed by atoms with Gasteiger partial charge in [-0.1, -0.05) is 18.2 Å². The Bertz CT molecular complexity index is 1910. The molecule has 45 heavy (non-hydrogen) atoms. The Morgan fingerprint density at radius 1 is 1.04 bits per heavy atom. The Labute approximate surface area is 263 Å². The van der Waals surface area contributed by atoms with Gasteiger partial charge in [0.25, 0.3) is 11.5 Å². The molecule has 0 aliphatic carbocycles.